The molecule has 0 heterocycles. The Morgan fingerprint density at radius 3 is 2.62 bits per heavy atom. The largest absolute Gasteiger partial charge is 0.330 e. The van der Waals surface area contributed by atoms with Crippen molar-refractivity contribution >= 4 is 0 Å². The molecule has 0 spiro atoms. The summed E-state index contributed by atoms with van der Waals surface area (Å²) in [5.74, 6) is 0.0913. The molecule has 88 valence electrons. The summed E-state index contributed by atoms with van der Waals surface area (Å²) >= 11 is 0. The van der Waals surface area contributed by atoms with E-state index in [1.165, 1.54) is 12.1 Å². The summed E-state index contributed by atoms with van der Waals surface area (Å²) in [5.41, 5.74) is 5.88. The zero-order valence-corrected chi connectivity index (χ0v) is 9.63. The van der Waals surface area contributed by atoms with Crippen LogP contribution in [0.3, 0.4) is 0 Å². The third kappa shape index (κ3) is 1.63. The summed E-state index contributed by atoms with van der Waals surface area (Å²) in [6, 6.07) is 3.64. The summed E-state index contributed by atoms with van der Waals surface area (Å²) in [4.78, 5) is 0. The first kappa shape index (κ1) is 11.5. The molecule has 2 unspecified atom stereocenters. The second-order valence-electron chi connectivity index (χ2n) is 5.04. The summed E-state index contributed by atoms with van der Waals surface area (Å²) in [6.45, 7) is 4.58. The maximum absolute atomic E-state index is 13.7. The van der Waals surface area contributed by atoms with Crippen molar-refractivity contribution in [3.63, 3.8) is 0 Å². The zero-order valence-electron chi connectivity index (χ0n) is 9.63. The van der Waals surface area contributed by atoms with Gasteiger partial charge < -0.3 is 5.73 Å². The Kier molecular flexibility index (Phi) is 2.74. The van der Waals surface area contributed by atoms with Gasteiger partial charge in [-0.05, 0) is 42.0 Å². The molecule has 0 aliphatic heterocycles. The molecule has 2 rings (SSSR count). The van der Waals surface area contributed by atoms with Gasteiger partial charge in [0.15, 0.2) is 0 Å². The molecule has 1 aromatic carbocycles. The first-order valence-electron chi connectivity index (χ1n) is 5.67. The molecule has 1 aliphatic rings. The van der Waals surface area contributed by atoms with Crippen LogP contribution in [0.25, 0.3) is 0 Å². The third-order valence-electron chi connectivity index (χ3n) is 3.77. The van der Waals surface area contributed by atoms with Crippen LogP contribution in [0.2, 0.25) is 0 Å². The lowest BCUT2D eigenvalue weighted by atomic mass is 9.89. The average molecular weight is 225 g/mol. The van der Waals surface area contributed by atoms with Crippen LogP contribution < -0.4 is 5.73 Å². The summed E-state index contributed by atoms with van der Waals surface area (Å²) in [7, 11) is 0. The Bertz CT molecular complexity index is 403. The molecule has 1 aliphatic carbocycles. The first-order valence-corrected chi connectivity index (χ1v) is 5.67. The second kappa shape index (κ2) is 3.81. The van der Waals surface area contributed by atoms with Gasteiger partial charge in [-0.2, -0.15) is 0 Å². The number of halogens is 2. The van der Waals surface area contributed by atoms with E-state index in [-0.39, 0.29) is 11.2 Å². The van der Waals surface area contributed by atoms with Gasteiger partial charge in [0.1, 0.15) is 11.6 Å². The molecule has 1 aromatic rings. The van der Waals surface area contributed by atoms with E-state index in [1.807, 2.05) is 0 Å². The van der Waals surface area contributed by atoms with E-state index in [2.05, 4.69) is 13.8 Å². The van der Waals surface area contributed by atoms with E-state index in [9.17, 15) is 8.78 Å². The van der Waals surface area contributed by atoms with Crippen LogP contribution in [0.1, 0.15) is 25.8 Å². The van der Waals surface area contributed by atoms with Gasteiger partial charge in [-0.25, -0.2) is 8.78 Å². The van der Waals surface area contributed by atoms with Crippen molar-refractivity contribution in [1.82, 2.24) is 0 Å². The van der Waals surface area contributed by atoms with E-state index in [4.69, 9.17) is 5.73 Å². The van der Waals surface area contributed by atoms with E-state index in [0.717, 1.165) is 12.5 Å². The molecule has 2 atom stereocenters. The number of rotatable bonds is 3. The highest BCUT2D eigenvalue weighted by Crippen LogP contribution is 2.57. The predicted octanol–water partition coefficient (Wildman–Crippen LogP) is 2.84. The van der Waals surface area contributed by atoms with Gasteiger partial charge in [0.25, 0.3) is 0 Å². The lowest BCUT2D eigenvalue weighted by molar-refractivity contribution is 0.464. The fourth-order valence-electron chi connectivity index (χ4n) is 2.74. The topological polar surface area (TPSA) is 26.0 Å². The van der Waals surface area contributed by atoms with Gasteiger partial charge in [0.05, 0.1) is 0 Å². The Morgan fingerprint density at radius 1 is 1.44 bits per heavy atom. The summed E-state index contributed by atoms with van der Waals surface area (Å²) in [5, 5.41) is 0. The highest BCUT2D eigenvalue weighted by molar-refractivity contribution is 5.36. The molecule has 0 bridgehead atoms. The average Bonchev–Trinajstić information content (AvgIpc) is 2.98. The molecule has 1 saturated carbocycles. The smallest absolute Gasteiger partial charge is 0.127 e. The molecule has 3 heteroatoms. The SMILES string of the molecule is CC(C)C1CC1(CN)c1cc(F)ccc1F. The minimum atomic E-state index is -0.390. The standard InChI is InChI=1S/C13H17F2N/c1-8(2)11-6-13(11,7-16)10-5-9(14)3-4-12(10)15/h3-5,8,11H,6-7,16H2,1-2H3. The van der Waals surface area contributed by atoms with Crippen LogP contribution in [0.4, 0.5) is 8.78 Å². The van der Waals surface area contributed by atoms with Gasteiger partial charge in [-0.1, -0.05) is 13.8 Å². The predicted molar refractivity (Wildman–Crippen MR) is 60.0 cm³/mol. The highest BCUT2D eigenvalue weighted by atomic mass is 19.1. The van der Waals surface area contributed by atoms with Crippen LogP contribution in [-0.2, 0) is 5.41 Å². The molecule has 1 nitrogen and oxygen atoms in total. The van der Waals surface area contributed by atoms with Crippen LogP contribution in [-0.4, -0.2) is 6.54 Å². The molecule has 16 heavy (non-hydrogen) atoms. The van der Waals surface area contributed by atoms with Gasteiger partial charge in [-0.3, -0.25) is 0 Å². The quantitative estimate of drug-likeness (QED) is 0.841. The number of hydrogen-bond acceptors (Lipinski definition) is 1. The molecule has 1 fully saturated rings. The van der Waals surface area contributed by atoms with Crippen LogP contribution >= 0.6 is 0 Å². The van der Waals surface area contributed by atoms with Crippen molar-refractivity contribution in [2.45, 2.75) is 25.7 Å². The minimum Gasteiger partial charge on any atom is -0.330 e. The van der Waals surface area contributed by atoms with Crippen molar-refractivity contribution in [1.29, 1.82) is 0 Å². The molecule has 0 aromatic heterocycles. The van der Waals surface area contributed by atoms with E-state index in [0.29, 0.717) is 23.9 Å². The monoisotopic (exact) mass is 225 g/mol. The highest BCUT2D eigenvalue weighted by Gasteiger charge is 2.56. The molecule has 0 radical (unpaired) electrons. The van der Waals surface area contributed by atoms with Gasteiger partial charge in [0, 0.05) is 12.0 Å². The van der Waals surface area contributed by atoms with E-state index in [1.54, 1.807) is 0 Å². The lowest BCUT2D eigenvalue weighted by Crippen LogP contribution is -2.25. The lowest BCUT2D eigenvalue weighted by Gasteiger charge is -2.18. The first-order chi connectivity index (χ1) is 7.51. The van der Waals surface area contributed by atoms with Gasteiger partial charge in [-0.15, -0.1) is 0 Å². The second-order valence-corrected chi connectivity index (χ2v) is 5.04. The number of nitrogens with two attached hydrogens (primary N) is 1. The van der Waals surface area contributed by atoms with Crippen molar-refractivity contribution in [2.24, 2.45) is 17.6 Å². The number of hydrogen-bond donors (Lipinski definition) is 1. The Hall–Kier alpha value is -0.960. The molecule has 0 saturated heterocycles. The van der Waals surface area contributed by atoms with Gasteiger partial charge >= 0.3 is 0 Å². The maximum Gasteiger partial charge on any atom is 0.127 e. The summed E-state index contributed by atoms with van der Waals surface area (Å²) < 4.78 is 26.9. The molecule has 0 amide bonds. The molecular formula is C13H17F2N. The Labute approximate surface area is 94.7 Å². The fraction of sp³-hybridized carbons (Fsp3) is 0.538. The maximum atomic E-state index is 13.7. The Balaban J connectivity index is 2.40. The van der Waals surface area contributed by atoms with Crippen molar-refractivity contribution in [3.8, 4) is 0 Å². The van der Waals surface area contributed by atoms with Crippen LogP contribution in [0.15, 0.2) is 18.2 Å². The third-order valence-corrected chi connectivity index (χ3v) is 3.77. The van der Waals surface area contributed by atoms with E-state index < -0.39 is 5.82 Å². The zero-order chi connectivity index (χ0) is 11.9. The normalized spacial score (nSPS) is 28.5. The van der Waals surface area contributed by atoms with Crippen molar-refractivity contribution in [3.05, 3.63) is 35.4 Å². The van der Waals surface area contributed by atoms with Crippen LogP contribution in [0, 0.1) is 23.5 Å². The molecular weight excluding hydrogens is 208 g/mol. The number of benzene rings is 1. The summed E-state index contributed by atoms with van der Waals surface area (Å²) in [6.07, 6.45) is 0.863. The molecule has 2 N–H and O–H groups in total. The minimum absolute atomic E-state index is 0.333. The Morgan fingerprint density at radius 2 is 2.12 bits per heavy atom. The fourth-order valence-corrected chi connectivity index (χ4v) is 2.74. The van der Waals surface area contributed by atoms with E-state index >= 15 is 0 Å². The van der Waals surface area contributed by atoms with Crippen molar-refractivity contribution < 1.29 is 8.78 Å². The van der Waals surface area contributed by atoms with Crippen molar-refractivity contribution in [2.75, 3.05) is 6.54 Å². The van der Waals surface area contributed by atoms with Crippen LogP contribution in [0.5, 0.6) is 0 Å². The van der Waals surface area contributed by atoms with Gasteiger partial charge in [0.2, 0.25) is 0 Å².